The summed E-state index contributed by atoms with van der Waals surface area (Å²) in [6, 6.07) is 1.35. The molecule has 1 fully saturated rings. The van der Waals surface area contributed by atoms with Gasteiger partial charge in [-0.2, -0.15) is 5.10 Å². The lowest BCUT2D eigenvalue weighted by atomic mass is 10.1. The first-order chi connectivity index (χ1) is 10.7. The van der Waals surface area contributed by atoms with E-state index in [4.69, 9.17) is 0 Å². The van der Waals surface area contributed by atoms with Crippen LogP contribution in [-0.2, 0) is 16.1 Å². The van der Waals surface area contributed by atoms with Gasteiger partial charge in [-0.1, -0.05) is 0 Å². The zero-order chi connectivity index (χ0) is 17.2. The van der Waals surface area contributed by atoms with Crippen LogP contribution in [0.15, 0.2) is 12.3 Å². The van der Waals surface area contributed by atoms with Crippen LogP contribution >= 0.6 is 0 Å². The van der Waals surface area contributed by atoms with E-state index in [2.05, 4.69) is 15.7 Å². The number of urea groups is 1. The molecule has 1 aliphatic heterocycles. The number of aromatic nitrogens is 2. The number of rotatable bonds is 6. The summed E-state index contributed by atoms with van der Waals surface area (Å²) in [6.07, 6.45) is 1.94. The van der Waals surface area contributed by atoms with Crippen LogP contribution < -0.4 is 10.6 Å². The zero-order valence-electron chi connectivity index (χ0n) is 13.9. The Morgan fingerprint density at radius 1 is 1.43 bits per heavy atom. The van der Waals surface area contributed by atoms with E-state index < -0.39 is 11.6 Å². The third-order valence-electron chi connectivity index (χ3n) is 3.65. The molecule has 2 rings (SSSR count). The van der Waals surface area contributed by atoms with Gasteiger partial charge in [-0.05, 0) is 33.8 Å². The summed E-state index contributed by atoms with van der Waals surface area (Å²) in [5.74, 6) is -0.512. The second-order valence-electron chi connectivity index (χ2n) is 6.41. The van der Waals surface area contributed by atoms with Crippen molar-refractivity contribution in [2.75, 3.05) is 6.54 Å². The molecule has 0 radical (unpaired) electrons. The summed E-state index contributed by atoms with van der Waals surface area (Å²) < 4.78 is 1.76. The van der Waals surface area contributed by atoms with Crippen LogP contribution in [0.4, 0.5) is 4.79 Å². The van der Waals surface area contributed by atoms with Gasteiger partial charge < -0.3 is 10.6 Å². The molecule has 126 valence electrons. The van der Waals surface area contributed by atoms with Gasteiger partial charge in [-0.3, -0.25) is 19.2 Å². The van der Waals surface area contributed by atoms with E-state index in [1.807, 2.05) is 26.1 Å². The van der Waals surface area contributed by atoms with Gasteiger partial charge >= 0.3 is 6.03 Å². The molecule has 8 nitrogen and oxygen atoms in total. The van der Waals surface area contributed by atoms with Crippen LogP contribution in [0.2, 0.25) is 0 Å². The Balaban J connectivity index is 1.79. The van der Waals surface area contributed by atoms with Gasteiger partial charge in [0, 0.05) is 25.2 Å². The molecule has 1 aliphatic rings. The lowest BCUT2D eigenvalue weighted by Gasteiger charge is -2.17. The lowest BCUT2D eigenvalue weighted by molar-refractivity contribution is -0.130. The Hall–Kier alpha value is -2.38. The number of hydrogen-bond donors (Lipinski definition) is 2. The number of carbonyl (C=O) groups excluding carboxylic acids is 3. The number of nitrogens with zero attached hydrogens (tertiary/aromatic N) is 3. The van der Waals surface area contributed by atoms with Crippen LogP contribution in [0.1, 0.15) is 32.9 Å². The van der Waals surface area contributed by atoms with Crippen molar-refractivity contribution in [3.8, 4) is 0 Å². The molecule has 1 aromatic heterocycles. The molecule has 0 aliphatic carbocycles. The fraction of sp³-hybridized carbons (Fsp3) is 0.600. The number of aryl methyl sites for hydroxylation is 1. The van der Waals surface area contributed by atoms with Crippen molar-refractivity contribution in [3.63, 3.8) is 0 Å². The maximum Gasteiger partial charge on any atom is 0.325 e. The SMILES string of the molecule is Cc1ccn(CC(C)NC(=O)CCN2C(=O)NC(C)(C)C2=O)n1. The average Bonchev–Trinajstić information content (AvgIpc) is 2.90. The number of nitrogens with one attached hydrogen (secondary N) is 2. The van der Waals surface area contributed by atoms with Gasteiger partial charge in [0.1, 0.15) is 5.54 Å². The highest BCUT2D eigenvalue weighted by Gasteiger charge is 2.43. The van der Waals surface area contributed by atoms with Gasteiger partial charge in [0.05, 0.1) is 12.2 Å². The van der Waals surface area contributed by atoms with E-state index in [0.717, 1.165) is 10.6 Å². The fourth-order valence-corrected chi connectivity index (χ4v) is 2.47. The average molecular weight is 321 g/mol. The summed E-state index contributed by atoms with van der Waals surface area (Å²) in [7, 11) is 0. The van der Waals surface area contributed by atoms with E-state index in [0.29, 0.717) is 6.54 Å². The first-order valence-electron chi connectivity index (χ1n) is 7.62. The predicted octanol–water partition coefficient (Wildman–Crippen LogP) is 0.417. The molecule has 0 saturated carbocycles. The first-order valence-corrected chi connectivity index (χ1v) is 7.62. The Morgan fingerprint density at radius 2 is 2.13 bits per heavy atom. The highest BCUT2D eigenvalue weighted by Crippen LogP contribution is 2.16. The van der Waals surface area contributed by atoms with Crippen LogP contribution in [0.3, 0.4) is 0 Å². The molecule has 1 atom stereocenters. The van der Waals surface area contributed by atoms with Crippen molar-refractivity contribution in [2.45, 2.75) is 52.2 Å². The summed E-state index contributed by atoms with van der Waals surface area (Å²) in [4.78, 5) is 36.8. The van der Waals surface area contributed by atoms with Crippen molar-refractivity contribution in [1.82, 2.24) is 25.3 Å². The van der Waals surface area contributed by atoms with Crippen molar-refractivity contribution < 1.29 is 14.4 Å². The standard InChI is InChI=1S/C15H23N5O3/c1-10-5-7-19(18-10)9-11(2)16-12(21)6-8-20-13(22)15(3,4)17-14(20)23/h5,7,11H,6,8-9H2,1-4H3,(H,16,21)(H,17,23). The van der Waals surface area contributed by atoms with E-state index in [1.165, 1.54) is 0 Å². The molecule has 8 heteroatoms. The summed E-state index contributed by atoms with van der Waals surface area (Å²) in [5, 5.41) is 9.69. The number of hydrogen-bond acceptors (Lipinski definition) is 4. The predicted molar refractivity (Wildman–Crippen MR) is 83.5 cm³/mol. The third-order valence-corrected chi connectivity index (χ3v) is 3.65. The maximum atomic E-state index is 12.0. The summed E-state index contributed by atoms with van der Waals surface area (Å²) >= 11 is 0. The quantitative estimate of drug-likeness (QED) is 0.742. The second kappa shape index (κ2) is 6.39. The van der Waals surface area contributed by atoms with Crippen molar-refractivity contribution in [2.24, 2.45) is 0 Å². The van der Waals surface area contributed by atoms with E-state index in [1.54, 1.807) is 18.5 Å². The van der Waals surface area contributed by atoms with E-state index in [9.17, 15) is 14.4 Å². The highest BCUT2D eigenvalue weighted by molar-refractivity contribution is 6.06. The monoisotopic (exact) mass is 321 g/mol. The third kappa shape index (κ3) is 4.08. The molecular formula is C15H23N5O3. The molecule has 2 N–H and O–H groups in total. The number of imide groups is 1. The van der Waals surface area contributed by atoms with Gasteiger partial charge in [0.25, 0.3) is 5.91 Å². The maximum absolute atomic E-state index is 12.0. The molecular weight excluding hydrogens is 298 g/mol. The highest BCUT2D eigenvalue weighted by atomic mass is 16.2. The summed E-state index contributed by atoms with van der Waals surface area (Å²) in [6.45, 7) is 7.71. The van der Waals surface area contributed by atoms with E-state index in [-0.39, 0.29) is 30.8 Å². The Kier molecular flexibility index (Phi) is 4.72. The molecule has 1 aromatic rings. The molecule has 4 amide bonds. The van der Waals surface area contributed by atoms with Crippen molar-refractivity contribution in [1.29, 1.82) is 0 Å². The minimum Gasteiger partial charge on any atom is -0.352 e. The minimum atomic E-state index is -0.904. The second-order valence-corrected chi connectivity index (χ2v) is 6.41. The summed E-state index contributed by atoms with van der Waals surface area (Å²) in [5.41, 5.74) is 0.0171. The van der Waals surface area contributed by atoms with Gasteiger partial charge in [0.2, 0.25) is 5.91 Å². The Bertz CT molecular complexity index is 622. The Morgan fingerprint density at radius 3 is 2.65 bits per heavy atom. The normalized spacial score (nSPS) is 18.0. The molecule has 1 saturated heterocycles. The first kappa shape index (κ1) is 17.0. The Labute approximate surface area is 135 Å². The van der Waals surface area contributed by atoms with Crippen LogP contribution in [0.25, 0.3) is 0 Å². The molecule has 0 aromatic carbocycles. The van der Waals surface area contributed by atoms with Crippen LogP contribution in [-0.4, -0.2) is 50.7 Å². The molecule has 2 heterocycles. The molecule has 0 spiro atoms. The van der Waals surface area contributed by atoms with E-state index >= 15 is 0 Å². The van der Waals surface area contributed by atoms with Crippen LogP contribution in [0, 0.1) is 6.92 Å². The molecule has 23 heavy (non-hydrogen) atoms. The van der Waals surface area contributed by atoms with Gasteiger partial charge in [-0.15, -0.1) is 0 Å². The number of amides is 4. The van der Waals surface area contributed by atoms with Crippen LogP contribution in [0.5, 0.6) is 0 Å². The topological polar surface area (TPSA) is 96.3 Å². The van der Waals surface area contributed by atoms with Gasteiger partial charge in [0.15, 0.2) is 0 Å². The lowest BCUT2D eigenvalue weighted by Crippen LogP contribution is -2.41. The smallest absolute Gasteiger partial charge is 0.325 e. The fourth-order valence-electron chi connectivity index (χ4n) is 2.47. The molecule has 0 bridgehead atoms. The minimum absolute atomic E-state index is 0.0769. The number of carbonyl (C=O) groups is 3. The molecule has 1 unspecified atom stereocenters. The van der Waals surface area contributed by atoms with Crippen molar-refractivity contribution >= 4 is 17.8 Å². The largest absolute Gasteiger partial charge is 0.352 e. The zero-order valence-corrected chi connectivity index (χ0v) is 13.9. The van der Waals surface area contributed by atoms with Crippen molar-refractivity contribution in [3.05, 3.63) is 18.0 Å². The van der Waals surface area contributed by atoms with Gasteiger partial charge in [-0.25, -0.2) is 4.79 Å².